The fraction of sp³-hybridized carbons (Fsp3) is 0.667. The SMILES string of the molecule is C=CCCCCCC(NCCC)c1c(C)oc(C)c1C. The Kier molecular flexibility index (Phi) is 7.68. The molecule has 2 heteroatoms. The van der Waals surface area contributed by atoms with Crippen LogP contribution in [0, 0.1) is 20.8 Å². The molecule has 0 aromatic carbocycles. The Morgan fingerprint density at radius 3 is 2.45 bits per heavy atom. The zero-order chi connectivity index (χ0) is 15.0. The Hall–Kier alpha value is -1.02. The summed E-state index contributed by atoms with van der Waals surface area (Å²) >= 11 is 0. The van der Waals surface area contributed by atoms with Crippen LogP contribution in [-0.2, 0) is 0 Å². The average molecular weight is 277 g/mol. The van der Waals surface area contributed by atoms with Gasteiger partial charge in [0.2, 0.25) is 0 Å². The summed E-state index contributed by atoms with van der Waals surface area (Å²) in [6, 6.07) is 0.441. The van der Waals surface area contributed by atoms with Gasteiger partial charge in [-0.15, -0.1) is 6.58 Å². The zero-order valence-corrected chi connectivity index (χ0v) is 13.7. The summed E-state index contributed by atoms with van der Waals surface area (Å²) in [5, 5.41) is 3.69. The van der Waals surface area contributed by atoms with Crippen molar-refractivity contribution in [2.45, 2.75) is 72.3 Å². The van der Waals surface area contributed by atoms with E-state index >= 15 is 0 Å². The van der Waals surface area contributed by atoms with Gasteiger partial charge in [-0.2, -0.15) is 0 Å². The topological polar surface area (TPSA) is 25.2 Å². The van der Waals surface area contributed by atoms with Crippen LogP contribution in [0.5, 0.6) is 0 Å². The van der Waals surface area contributed by atoms with Gasteiger partial charge in [0.25, 0.3) is 0 Å². The van der Waals surface area contributed by atoms with Crippen molar-refractivity contribution in [1.82, 2.24) is 5.32 Å². The third kappa shape index (κ3) is 4.82. The second-order valence-corrected chi connectivity index (χ2v) is 5.69. The molecule has 0 aliphatic heterocycles. The maximum absolute atomic E-state index is 5.80. The van der Waals surface area contributed by atoms with Crippen molar-refractivity contribution < 1.29 is 4.42 Å². The van der Waals surface area contributed by atoms with Crippen LogP contribution in [0.2, 0.25) is 0 Å². The lowest BCUT2D eigenvalue weighted by Gasteiger charge is -2.19. The van der Waals surface area contributed by atoms with Gasteiger partial charge in [-0.25, -0.2) is 0 Å². The first-order valence-corrected chi connectivity index (χ1v) is 8.02. The fourth-order valence-electron chi connectivity index (χ4n) is 2.80. The Morgan fingerprint density at radius 1 is 1.15 bits per heavy atom. The lowest BCUT2D eigenvalue weighted by molar-refractivity contribution is 0.453. The van der Waals surface area contributed by atoms with Gasteiger partial charge in [0.1, 0.15) is 11.5 Å². The van der Waals surface area contributed by atoms with Gasteiger partial charge in [-0.3, -0.25) is 0 Å². The number of aryl methyl sites for hydroxylation is 2. The summed E-state index contributed by atoms with van der Waals surface area (Å²) in [6.45, 7) is 13.4. The molecular weight excluding hydrogens is 246 g/mol. The van der Waals surface area contributed by atoms with E-state index in [1.165, 1.54) is 43.2 Å². The van der Waals surface area contributed by atoms with E-state index in [9.17, 15) is 0 Å². The third-order valence-corrected chi connectivity index (χ3v) is 4.01. The number of furan rings is 1. The molecule has 1 unspecified atom stereocenters. The molecule has 1 atom stereocenters. The highest BCUT2D eigenvalue weighted by molar-refractivity contribution is 5.34. The molecule has 0 bridgehead atoms. The predicted molar refractivity (Wildman–Crippen MR) is 87.2 cm³/mol. The molecule has 0 radical (unpaired) electrons. The summed E-state index contributed by atoms with van der Waals surface area (Å²) in [7, 11) is 0. The maximum atomic E-state index is 5.80. The van der Waals surface area contributed by atoms with Crippen molar-refractivity contribution in [3.63, 3.8) is 0 Å². The van der Waals surface area contributed by atoms with E-state index in [1.54, 1.807) is 0 Å². The molecule has 114 valence electrons. The number of allylic oxidation sites excluding steroid dienone is 1. The molecule has 0 aliphatic carbocycles. The minimum Gasteiger partial charge on any atom is -0.466 e. The number of unbranched alkanes of at least 4 members (excludes halogenated alkanes) is 3. The molecule has 2 nitrogen and oxygen atoms in total. The highest BCUT2D eigenvalue weighted by Crippen LogP contribution is 2.30. The summed E-state index contributed by atoms with van der Waals surface area (Å²) < 4.78 is 5.80. The van der Waals surface area contributed by atoms with Crippen molar-refractivity contribution in [2.24, 2.45) is 0 Å². The average Bonchev–Trinajstić information content (AvgIpc) is 2.67. The van der Waals surface area contributed by atoms with Crippen LogP contribution in [0.25, 0.3) is 0 Å². The molecule has 0 fully saturated rings. The van der Waals surface area contributed by atoms with Crippen LogP contribution in [0.3, 0.4) is 0 Å². The van der Waals surface area contributed by atoms with E-state index < -0.39 is 0 Å². The molecule has 1 N–H and O–H groups in total. The minimum atomic E-state index is 0.441. The van der Waals surface area contributed by atoms with Crippen LogP contribution in [0.15, 0.2) is 17.1 Å². The van der Waals surface area contributed by atoms with E-state index in [0.717, 1.165) is 24.5 Å². The normalized spacial score (nSPS) is 12.6. The van der Waals surface area contributed by atoms with Gasteiger partial charge >= 0.3 is 0 Å². The molecule has 1 aromatic heterocycles. The number of nitrogens with one attached hydrogen (secondary N) is 1. The molecule has 0 amide bonds. The van der Waals surface area contributed by atoms with Crippen molar-refractivity contribution in [3.05, 3.63) is 35.3 Å². The van der Waals surface area contributed by atoms with Crippen molar-refractivity contribution in [3.8, 4) is 0 Å². The highest BCUT2D eigenvalue weighted by Gasteiger charge is 2.20. The molecule has 0 saturated carbocycles. The lowest BCUT2D eigenvalue weighted by atomic mass is 9.96. The molecule has 1 rings (SSSR count). The Labute approximate surface area is 124 Å². The van der Waals surface area contributed by atoms with E-state index in [-0.39, 0.29) is 0 Å². The fourth-order valence-corrected chi connectivity index (χ4v) is 2.80. The van der Waals surface area contributed by atoms with E-state index in [2.05, 4.69) is 39.6 Å². The van der Waals surface area contributed by atoms with Gasteiger partial charge < -0.3 is 9.73 Å². The highest BCUT2D eigenvalue weighted by atomic mass is 16.3. The number of rotatable bonds is 10. The van der Waals surface area contributed by atoms with Crippen molar-refractivity contribution >= 4 is 0 Å². The van der Waals surface area contributed by atoms with Crippen LogP contribution in [0.4, 0.5) is 0 Å². The Balaban J connectivity index is 2.65. The molecule has 1 heterocycles. The minimum absolute atomic E-state index is 0.441. The van der Waals surface area contributed by atoms with E-state index in [0.29, 0.717) is 6.04 Å². The van der Waals surface area contributed by atoms with Crippen LogP contribution < -0.4 is 5.32 Å². The molecule has 20 heavy (non-hydrogen) atoms. The van der Waals surface area contributed by atoms with Gasteiger partial charge in [0, 0.05) is 11.6 Å². The quantitative estimate of drug-likeness (QED) is 0.458. The van der Waals surface area contributed by atoms with Crippen LogP contribution in [-0.4, -0.2) is 6.54 Å². The second-order valence-electron chi connectivity index (χ2n) is 5.69. The standard InChI is InChI=1S/C18H31NO/c1-6-8-9-10-11-12-17(19-13-7-2)18-14(3)15(4)20-16(18)5/h6,17,19H,1,7-13H2,2-5H3. The van der Waals surface area contributed by atoms with Crippen LogP contribution >= 0.6 is 0 Å². The lowest BCUT2D eigenvalue weighted by Crippen LogP contribution is -2.23. The monoisotopic (exact) mass is 277 g/mol. The van der Waals surface area contributed by atoms with E-state index in [4.69, 9.17) is 4.42 Å². The first kappa shape index (κ1) is 17.0. The first-order chi connectivity index (χ1) is 9.61. The second kappa shape index (κ2) is 9.02. The van der Waals surface area contributed by atoms with E-state index in [1.807, 2.05) is 6.08 Å². The molecular formula is C18H31NO. The Bertz CT molecular complexity index is 406. The van der Waals surface area contributed by atoms with Gasteiger partial charge in [0.15, 0.2) is 0 Å². The maximum Gasteiger partial charge on any atom is 0.106 e. The van der Waals surface area contributed by atoms with Gasteiger partial charge in [0.05, 0.1) is 0 Å². The third-order valence-electron chi connectivity index (χ3n) is 4.01. The van der Waals surface area contributed by atoms with Crippen LogP contribution in [0.1, 0.15) is 74.1 Å². The zero-order valence-electron chi connectivity index (χ0n) is 13.7. The largest absolute Gasteiger partial charge is 0.466 e. The van der Waals surface area contributed by atoms with Crippen molar-refractivity contribution in [1.29, 1.82) is 0 Å². The molecule has 1 aromatic rings. The summed E-state index contributed by atoms with van der Waals surface area (Å²) in [5.41, 5.74) is 2.71. The summed E-state index contributed by atoms with van der Waals surface area (Å²) in [5.74, 6) is 2.15. The number of hydrogen-bond donors (Lipinski definition) is 1. The summed E-state index contributed by atoms with van der Waals surface area (Å²) in [4.78, 5) is 0. The Morgan fingerprint density at radius 2 is 1.90 bits per heavy atom. The molecule has 0 spiro atoms. The van der Waals surface area contributed by atoms with Crippen molar-refractivity contribution in [2.75, 3.05) is 6.54 Å². The molecule has 0 aliphatic rings. The smallest absolute Gasteiger partial charge is 0.106 e. The van der Waals surface area contributed by atoms with Gasteiger partial charge in [-0.1, -0.05) is 25.8 Å². The first-order valence-electron chi connectivity index (χ1n) is 8.02. The predicted octanol–water partition coefficient (Wildman–Crippen LogP) is 5.38. The molecule has 0 saturated heterocycles. The van der Waals surface area contributed by atoms with Gasteiger partial charge in [-0.05, 0) is 58.6 Å². The summed E-state index contributed by atoms with van der Waals surface area (Å²) in [6.07, 6.45) is 9.31. The number of hydrogen-bond acceptors (Lipinski definition) is 2.